The zero-order valence-corrected chi connectivity index (χ0v) is 11.4. The zero-order chi connectivity index (χ0) is 13.8. The van der Waals surface area contributed by atoms with Gasteiger partial charge in [0, 0.05) is 0 Å². The third-order valence-corrected chi connectivity index (χ3v) is 3.27. The van der Waals surface area contributed by atoms with Crippen LogP contribution in [-0.4, -0.2) is 21.4 Å². The Morgan fingerprint density at radius 2 is 1.15 bits per heavy atom. The molecule has 1 heterocycles. The molecule has 0 amide bonds. The van der Waals surface area contributed by atoms with Crippen LogP contribution in [-0.2, 0) is 13.7 Å². The maximum atomic E-state index is 5.95. The second-order valence-electron chi connectivity index (χ2n) is 4.73. The van der Waals surface area contributed by atoms with Gasteiger partial charge < -0.3 is 13.7 Å². The van der Waals surface area contributed by atoms with E-state index < -0.39 is 0 Å². The van der Waals surface area contributed by atoms with Gasteiger partial charge in [-0.15, -0.1) is 0 Å². The second kappa shape index (κ2) is 6.31. The van der Waals surface area contributed by atoms with E-state index in [1.54, 1.807) is 0 Å². The molecular weight excluding hydrogens is 249 g/mol. The van der Waals surface area contributed by atoms with Crippen molar-refractivity contribution < 1.29 is 13.7 Å². The van der Waals surface area contributed by atoms with Crippen LogP contribution in [0.5, 0.6) is 0 Å². The zero-order valence-electron chi connectivity index (χ0n) is 11.4. The first-order valence-corrected chi connectivity index (χ1v) is 6.93. The van der Waals surface area contributed by atoms with Crippen molar-refractivity contribution in [2.75, 3.05) is 0 Å². The molecule has 20 heavy (non-hydrogen) atoms. The molecule has 0 saturated carbocycles. The number of rotatable bonds is 3. The van der Waals surface area contributed by atoms with Crippen LogP contribution in [0, 0.1) is 0 Å². The first-order valence-electron chi connectivity index (χ1n) is 6.93. The van der Waals surface area contributed by atoms with E-state index in [4.69, 9.17) is 13.7 Å². The van der Waals surface area contributed by atoms with Gasteiger partial charge in [-0.1, -0.05) is 67.6 Å². The van der Waals surface area contributed by atoms with Crippen molar-refractivity contribution in [1.29, 1.82) is 0 Å². The van der Waals surface area contributed by atoms with Gasteiger partial charge in [-0.25, -0.2) is 0 Å². The number of hydrogen-bond acceptors (Lipinski definition) is 3. The van der Waals surface area contributed by atoms with E-state index in [1.165, 1.54) is 0 Å². The molecule has 1 fully saturated rings. The summed E-state index contributed by atoms with van der Waals surface area (Å²) in [7, 11) is -1.03. The summed E-state index contributed by atoms with van der Waals surface area (Å²) in [6.07, 6.45) is 0.788. The fourth-order valence-corrected chi connectivity index (χ4v) is 2.21. The molecule has 0 unspecified atom stereocenters. The van der Waals surface area contributed by atoms with Gasteiger partial charge >= 0.3 is 21.4 Å². The van der Waals surface area contributed by atoms with Gasteiger partial charge in [0.05, 0.1) is 0 Å². The summed E-state index contributed by atoms with van der Waals surface area (Å²) >= 11 is 0. The van der Waals surface area contributed by atoms with Crippen LogP contribution >= 0.6 is 0 Å². The molecule has 0 radical (unpaired) electrons. The maximum absolute atomic E-state index is 5.95. The lowest BCUT2D eigenvalue weighted by Crippen LogP contribution is -2.57. The molecule has 1 aliphatic rings. The predicted octanol–water partition coefficient (Wildman–Crippen LogP) is 1.35. The Bertz CT molecular complexity index is 490. The van der Waals surface area contributed by atoms with E-state index in [9.17, 15) is 0 Å². The highest BCUT2D eigenvalue weighted by molar-refractivity contribution is 6.83. The molecule has 3 rings (SSSR count). The lowest BCUT2D eigenvalue weighted by atomic mass is 9.63. The first-order chi connectivity index (χ1) is 9.86. The molecule has 98 valence electrons. The van der Waals surface area contributed by atoms with Crippen molar-refractivity contribution in [2.24, 2.45) is 0 Å². The van der Waals surface area contributed by atoms with E-state index in [1.807, 2.05) is 67.6 Å². The lowest BCUT2D eigenvalue weighted by molar-refractivity contribution is 0.299. The molecule has 0 aliphatic carbocycles. The summed E-state index contributed by atoms with van der Waals surface area (Å²) in [6.45, 7) is 2.04. The first kappa shape index (κ1) is 13.5. The molecule has 0 bridgehead atoms. The van der Waals surface area contributed by atoms with Gasteiger partial charge in [-0.2, -0.15) is 0 Å². The molecule has 2 aromatic carbocycles. The van der Waals surface area contributed by atoms with Crippen LogP contribution in [0.25, 0.3) is 0 Å². The third kappa shape index (κ3) is 2.98. The summed E-state index contributed by atoms with van der Waals surface area (Å²) < 4.78 is 17.6. The summed E-state index contributed by atoms with van der Waals surface area (Å²) in [5.74, 6) is 0. The molecule has 1 saturated heterocycles. The Kier molecular flexibility index (Phi) is 4.26. The van der Waals surface area contributed by atoms with Gasteiger partial charge in [-0.05, 0) is 17.2 Å². The van der Waals surface area contributed by atoms with Crippen LogP contribution in [0.2, 0.25) is 6.32 Å². The Balaban J connectivity index is 1.83. The summed E-state index contributed by atoms with van der Waals surface area (Å²) in [5.41, 5.74) is 2.02. The van der Waals surface area contributed by atoms with Gasteiger partial charge in [0.1, 0.15) is 0 Å². The quantitative estimate of drug-likeness (QED) is 0.783. The minimum absolute atomic E-state index is 0.251. The summed E-state index contributed by atoms with van der Waals surface area (Å²) in [4.78, 5) is 0. The van der Waals surface area contributed by atoms with Crippen LogP contribution in [0.3, 0.4) is 0 Å². The lowest BCUT2D eigenvalue weighted by Gasteiger charge is -2.30. The Hall–Kier alpha value is -1.49. The fourth-order valence-electron chi connectivity index (χ4n) is 2.21. The highest BCUT2D eigenvalue weighted by atomic mass is 16.7. The summed E-state index contributed by atoms with van der Waals surface area (Å²) in [6, 6.07) is 19.9. The highest BCUT2D eigenvalue weighted by Gasteiger charge is 2.41. The highest BCUT2D eigenvalue weighted by Crippen LogP contribution is 2.11. The van der Waals surface area contributed by atoms with Crippen molar-refractivity contribution in [1.82, 2.24) is 0 Å². The number of hydrogen-bond donors (Lipinski definition) is 0. The molecule has 1 aliphatic heterocycles. The summed E-state index contributed by atoms with van der Waals surface area (Å²) in [5, 5.41) is 0. The molecule has 6 heteroatoms. The van der Waals surface area contributed by atoms with Gasteiger partial charge in [0.15, 0.2) is 0 Å². The van der Waals surface area contributed by atoms with Crippen LogP contribution in [0.15, 0.2) is 60.7 Å². The van der Waals surface area contributed by atoms with Gasteiger partial charge in [0.25, 0.3) is 0 Å². The molecule has 0 N–H and O–H groups in total. The van der Waals surface area contributed by atoms with Gasteiger partial charge in [0.2, 0.25) is 0 Å². The van der Waals surface area contributed by atoms with E-state index in [-0.39, 0.29) is 21.4 Å². The average Bonchev–Trinajstić information content (AvgIpc) is 2.56. The SMILES string of the molecule is CCB1OB(c2ccccc2)OB(c2ccccc2)O1. The molecule has 3 nitrogen and oxygen atoms in total. The van der Waals surface area contributed by atoms with Crippen LogP contribution < -0.4 is 10.9 Å². The molecule has 2 aromatic rings. The molecular formula is C14H15B3O3. The smallest absolute Gasteiger partial charge is 0.449 e. The minimum Gasteiger partial charge on any atom is -0.449 e. The largest absolute Gasteiger partial charge is 0.466 e. The monoisotopic (exact) mass is 264 g/mol. The van der Waals surface area contributed by atoms with Crippen molar-refractivity contribution in [3.05, 3.63) is 60.7 Å². The number of benzene rings is 2. The third-order valence-electron chi connectivity index (χ3n) is 3.27. The maximum Gasteiger partial charge on any atom is 0.466 e. The van der Waals surface area contributed by atoms with Crippen molar-refractivity contribution in [3.8, 4) is 0 Å². The normalized spacial score (nSPS) is 15.6. The van der Waals surface area contributed by atoms with E-state index in [0.29, 0.717) is 0 Å². The van der Waals surface area contributed by atoms with E-state index in [0.717, 1.165) is 17.2 Å². The molecule has 0 spiro atoms. The molecule has 0 aromatic heterocycles. The van der Waals surface area contributed by atoms with E-state index >= 15 is 0 Å². The predicted molar refractivity (Wildman–Crippen MR) is 83.2 cm³/mol. The average molecular weight is 264 g/mol. The standard InChI is InChI=1S/C14H15B3O3/c1-2-15-18-16(13-9-5-3-6-10-13)20-17(19-15)14-11-7-4-8-12-14/h3-12H,2H2,1H3. The minimum atomic E-state index is -0.389. The van der Waals surface area contributed by atoms with Gasteiger partial charge in [-0.3, -0.25) is 0 Å². The van der Waals surface area contributed by atoms with Crippen molar-refractivity contribution >= 4 is 32.3 Å². The topological polar surface area (TPSA) is 27.7 Å². The Morgan fingerprint density at radius 1 is 0.700 bits per heavy atom. The van der Waals surface area contributed by atoms with Crippen LogP contribution in [0.4, 0.5) is 0 Å². The molecule has 0 atom stereocenters. The Labute approximate surface area is 120 Å². The Morgan fingerprint density at radius 3 is 1.55 bits per heavy atom. The fraction of sp³-hybridized carbons (Fsp3) is 0.143. The van der Waals surface area contributed by atoms with E-state index in [2.05, 4.69) is 0 Å². The second-order valence-corrected chi connectivity index (χ2v) is 4.73. The van der Waals surface area contributed by atoms with Crippen molar-refractivity contribution in [3.63, 3.8) is 0 Å². The van der Waals surface area contributed by atoms with Crippen LogP contribution in [0.1, 0.15) is 6.92 Å². The van der Waals surface area contributed by atoms with Crippen molar-refractivity contribution in [2.45, 2.75) is 13.2 Å².